The molecule has 0 aromatic rings. The lowest BCUT2D eigenvalue weighted by molar-refractivity contribution is -0.124. The molecule has 0 radical (unpaired) electrons. The van der Waals surface area contributed by atoms with E-state index < -0.39 is 0 Å². The minimum Gasteiger partial charge on any atom is -0.352 e. The van der Waals surface area contributed by atoms with Gasteiger partial charge in [0, 0.05) is 18.1 Å². The predicted octanol–water partition coefficient (Wildman–Crippen LogP) is 1.88. The number of nitrogens with one attached hydrogen (secondary N) is 1. The number of amides is 1. The van der Waals surface area contributed by atoms with Crippen LogP contribution in [0.25, 0.3) is 0 Å². The summed E-state index contributed by atoms with van der Waals surface area (Å²) in [6.45, 7) is 8.14. The summed E-state index contributed by atoms with van der Waals surface area (Å²) in [4.78, 5) is 14.3. The van der Waals surface area contributed by atoms with Crippen LogP contribution in [0.3, 0.4) is 0 Å². The third-order valence-corrected chi connectivity index (χ3v) is 4.29. The Morgan fingerprint density at radius 3 is 2.32 bits per heavy atom. The van der Waals surface area contributed by atoms with Gasteiger partial charge in [-0.1, -0.05) is 32.6 Å². The van der Waals surface area contributed by atoms with Gasteiger partial charge in [0.15, 0.2) is 0 Å². The molecule has 0 spiro atoms. The number of rotatable bonds is 6. The highest BCUT2D eigenvalue weighted by molar-refractivity contribution is 5.78. The van der Waals surface area contributed by atoms with Crippen molar-refractivity contribution >= 4 is 5.91 Å². The Kier molecular flexibility index (Phi) is 6.80. The predicted molar refractivity (Wildman–Crippen MR) is 80.0 cm³/mol. The van der Waals surface area contributed by atoms with Crippen LogP contribution in [0, 0.1) is 0 Å². The summed E-state index contributed by atoms with van der Waals surface area (Å²) >= 11 is 0. The first-order valence-corrected chi connectivity index (χ1v) is 7.74. The van der Waals surface area contributed by atoms with E-state index in [1.165, 1.54) is 25.7 Å². The second-order valence-electron chi connectivity index (χ2n) is 6.29. The van der Waals surface area contributed by atoms with Crippen LogP contribution in [-0.4, -0.2) is 42.0 Å². The molecular formula is C15H31N3O. The van der Waals surface area contributed by atoms with Crippen LogP contribution in [0.5, 0.6) is 0 Å². The molecule has 1 amide bonds. The summed E-state index contributed by atoms with van der Waals surface area (Å²) in [7, 11) is 0. The number of likely N-dealkylation sites (N-methyl/N-ethyl adjacent to an activating group) is 1. The van der Waals surface area contributed by atoms with Gasteiger partial charge in [-0.25, -0.2) is 0 Å². The Balaban J connectivity index is 2.44. The van der Waals surface area contributed by atoms with Crippen molar-refractivity contribution < 1.29 is 4.79 Å². The summed E-state index contributed by atoms with van der Waals surface area (Å²) in [6, 6.07) is 0.384. The van der Waals surface area contributed by atoms with Gasteiger partial charge in [0.25, 0.3) is 0 Å². The molecule has 1 rings (SSSR count). The molecule has 0 aromatic carbocycles. The van der Waals surface area contributed by atoms with Gasteiger partial charge in [-0.3, -0.25) is 9.69 Å². The average molecular weight is 269 g/mol. The van der Waals surface area contributed by atoms with Gasteiger partial charge in [-0.15, -0.1) is 0 Å². The lowest BCUT2D eigenvalue weighted by Gasteiger charge is -2.36. The van der Waals surface area contributed by atoms with E-state index in [1.807, 2.05) is 0 Å². The summed E-state index contributed by atoms with van der Waals surface area (Å²) in [5.41, 5.74) is 5.67. The van der Waals surface area contributed by atoms with Crippen molar-refractivity contribution in [3.05, 3.63) is 0 Å². The molecule has 0 saturated heterocycles. The maximum Gasteiger partial charge on any atom is 0.234 e. The van der Waals surface area contributed by atoms with E-state index in [2.05, 4.69) is 31.0 Å². The van der Waals surface area contributed by atoms with E-state index in [0.717, 1.165) is 19.4 Å². The number of hydrogen-bond donors (Lipinski definition) is 2. The fraction of sp³-hybridized carbons (Fsp3) is 0.933. The first kappa shape index (κ1) is 16.4. The Bertz CT molecular complexity index is 271. The van der Waals surface area contributed by atoms with Crippen LogP contribution >= 0.6 is 0 Å². The van der Waals surface area contributed by atoms with Gasteiger partial charge in [0.2, 0.25) is 5.91 Å². The van der Waals surface area contributed by atoms with E-state index in [0.29, 0.717) is 19.1 Å². The number of hydrogen-bond acceptors (Lipinski definition) is 3. The topological polar surface area (TPSA) is 58.4 Å². The first-order chi connectivity index (χ1) is 8.99. The third kappa shape index (κ3) is 5.49. The highest BCUT2D eigenvalue weighted by atomic mass is 16.2. The lowest BCUT2D eigenvalue weighted by Crippen LogP contribution is -2.53. The molecule has 19 heavy (non-hydrogen) atoms. The van der Waals surface area contributed by atoms with Gasteiger partial charge in [-0.05, 0) is 33.2 Å². The average Bonchev–Trinajstić information content (AvgIpc) is 2.64. The van der Waals surface area contributed by atoms with E-state index in [-0.39, 0.29) is 11.4 Å². The summed E-state index contributed by atoms with van der Waals surface area (Å²) < 4.78 is 0. The van der Waals surface area contributed by atoms with Gasteiger partial charge in [0.1, 0.15) is 0 Å². The van der Waals surface area contributed by atoms with Crippen molar-refractivity contribution in [2.24, 2.45) is 5.73 Å². The second kappa shape index (κ2) is 7.85. The van der Waals surface area contributed by atoms with Crippen molar-refractivity contribution in [3.63, 3.8) is 0 Å². The molecule has 1 fully saturated rings. The Hall–Kier alpha value is -0.610. The van der Waals surface area contributed by atoms with Crippen molar-refractivity contribution in [1.29, 1.82) is 0 Å². The van der Waals surface area contributed by atoms with Crippen molar-refractivity contribution in [2.45, 2.75) is 70.9 Å². The molecule has 1 aliphatic rings. The van der Waals surface area contributed by atoms with Crippen molar-refractivity contribution in [2.75, 3.05) is 19.6 Å². The van der Waals surface area contributed by atoms with Crippen LogP contribution < -0.4 is 11.1 Å². The zero-order valence-electron chi connectivity index (χ0n) is 12.9. The van der Waals surface area contributed by atoms with Crippen molar-refractivity contribution in [1.82, 2.24) is 10.2 Å². The van der Waals surface area contributed by atoms with Crippen LogP contribution in [0.1, 0.15) is 59.3 Å². The lowest BCUT2D eigenvalue weighted by atomic mass is 10.0. The maximum atomic E-state index is 12.2. The molecule has 0 aromatic heterocycles. The minimum absolute atomic E-state index is 0.116. The number of nitrogens with zero attached hydrogens (tertiary/aromatic N) is 1. The van der Waals surface area contributed by atoms with E-state index in [9.17, 15) is 4.79 Å². The van der Waals surface area contributed by atoms with Crippen LogP contribution in [0.15, 0.2) is 0 Å². The Morgan fingerprint density at radius 2 is 1.84 bits per heavy atom. The monoisotopic (exact) mass is 269 g/mol. The fourth-order valence-corrected chi connectivity index (χ4v) is 2.75. The largest absolute Gasteiger partial charge is 0.352 e. The molecule has 0 bridgehead atoms. The molecule has 4 heteroatoms. The zero-order chi connectivity index (χ0) is 14.3. The first-order valence-electron chi connectivity index (χ1n) is 7.74. The third-order valence-electron chi connectivity index (χ3n) is 4.29. The highest BCUT2D eigenvalue weighted by Gasteiger charge is 2.26. The Morgan fingerprint density at radius 1 is 1.26 bits per heavy atom. The normalized spacial score (nSPS) is 18.4. The van der Waals surface area contributed by atoms with E-state index >= 15 is 0 Å². The SMILES string of the molecule is CCN(CC(=O)NC1CCCCCC1)C(C)(C)CN. The van der Waals surface area contributed by atoms with Crippen molar-refractivity contribution in [3.8, 4) is 0 Å². The summed E-state index contributed by atoms with van der Waals surface area (Å²) in [5.74, 6) is 0.148. The molecular weight excluding hydrogens is 238 g/mol. The molecule has 0 heterocycles. The number of carbonyl (C=O) groups excluding carboxylic acids is 1. The van der Waals surface area contributed by atoms with Crippen LogP contribution in [0.4, 0.5) is 0 Å². The van der Waals surface area contributed by atoms with Crippen LogP contribution in [-0.2, 0) is 4.79 Å². The van der Waals surface area contributed by atoms with Gasteiger partial charge < -0.3 is 11.1 Å². The molecule has 4 nitrogen and oxygen atoms in total. The van der Waals surface area contributed by atoms with E-state index in [4.69, 9.17) is 5.73 Å². The fourth-order valence-electron chi connectivity index (χ4n) is 2.75. The Labute approximate surface area is 118 Å². The van der Waals surface area contributed by atoms with E-state index in [1.54, 1.807) is 0 Å². The molecule has 0 aliphatic heterocycles. The molecule has 112 valence electrons. The number of carbonyl (C=O) groups is 1. The standard InChI is InChI=1S/C15H31N3O/c1-4-18(15(2,3)12-16)11-14(19)17-13-9-7-5-6-8-10-13/h13H,4-12,16H2,1-3H3,(H,17,19). The quantitative estimate of drug-likeness (QED) is 0.724. The highest BCUT2D eigenvalue weighted by Crippen LogP contribution is 2.17. The molecule has 3 N–H and O–H groups in total. The zero-order valence-corrected chi connectivity index (χ0v) is 12.9. The molecule has 0 unspecified atom stereocenters. The number of nitrogens with two attached hydrogens (primary N) is 1. The van der Waals surface area contributed by atoms with Gasteiger partial charge >= 0.3 is 0 Å². The smallest absolute Gasteiger partial charge is 0.234 e. The van der Waals surface area contributed by atoms with Gasteiger partial charge in [-0.2, -0.15) is 0 Å². The summed E-state index contributed by atoms with van der Waals surface area (Å²) in [6.07, 6.45) is 7.39. The molecule has 1 saturated carbocycles. The van der Waals surface area contributed by atoms with Gasteiger partial charge in [0.05, 0.1) is 6.54 Å². The molecule has 1 aliphatic carbocycles. The minimum atomic E-state index is -0.116. The second-order valence-corrected chi connectivity index (χ2v) is 6.29. The summed E-state index contributed by atoms with van der Waals surface area (Å²) in [5, 5.41) is 3.20. The maximum absolute atomic E-state index is 12.2. The van der Waals surface area contributed by atoms with Crippen LogP contribution in [0.2, 0.25) is 0 Å². The molecule has 0 atom stereocenters.